The zero-order valence-corrected chi connectivity index (χ0v) is 18.4. The van der Waals surface area contributed by atoms with Crippen LogP contribution in [0.4, 0.5) is 5.69 Å². The first-order valence-electron chi connectivity index (χ1n) is 9.42. The third kappa shape index (κ3) is 5.64. The van der Waals surface area contributed by atoms with E-state index in [9.17, 15) is 4.79 Å². The van der Waals surface area contributed by atoms with E-state index in [2.05, 4.69) is 22.1 Å². The molecule has 3 rings (SSSR count). The number of benzene rings is 2. The van der Waals surface area contributed by atoms with Crippen LogP contribution < -0.4 is 10.1 Å². The van der Waals surface area contributed by atoms with Gasteiger partial charge in [0.15, 0.2) is 17.1 Å². The number of halogens is 1. The number of aryl methyl sites for hydroxylation is 1. The summed E-state index contributed by atoms with van der Waals surface area (Å²) in [5.41, 5.74) is 1.70. The summed E-state index contributed by atoms with van der Waals surface area (Å²) in [5.74, 6) is 1.50. The lowest BCUT2D eigenvalue weighted by atomic mass is 10.2. The fourth-order valence-corrected chi connectivity index (χ4v) is 3.83. The lowest BCUT2D eigenvalue weighted by Gasteiger charge is -2.17. The van der Waals surface area contributed by atoms with Gasteiger partial charge in [-0.15, -0.1) is 16.8 Å². The van der Waals surface area contributed by atoms with Crippen LogP contribution in [0.25, 0.3) is 0 Å². The molecule has 0 spiro atoms. The maximum Gasteiger partial charge on any atom is 0.234 e. The van der Waals surface area contributed by atoms with Crippen LogP contribution in [0.5, 0.6) is 5.75 Å². The summed E-state index contributed by atoms with van der Waals surface area (Å²) in [6.45, 7) is 8.18. The molecular weight excluding hydrogens is 420 g/mol. The van der Waals surface area contributed by atoms with Gasteiger partial charge in [0.1, 0.15) is 5.75 Å². The Morgan fingerprint density at radius 2 is 2.07 bits per heavy atom. The monoisotopic (exact) mass is 442 g/mol. The molecule has 1 N–H and O–H groups in total. The Balaban J connectivity index is 1.69. The van der Waals surface area contributed by atoms with E-state index in [1.54, 1.807) is 12.1 Å². The van der Waals surface area contributed by atoms with Crippen molar-refractivity contribution in [2.75, 3.05) is 11.1 Å². The zero-order valence-electron chi connectivity index (χ0n) is 16.8. The Kier molecular flexibility index (Phi) is 7.54. The fraction of sp³-hybridized carbons (Fsp3) is 0.227. The average molecular weight is 443 g/mol. The van der Waals surface area contributed by atoms with Crippen LogP contribution in [0.3, 0.4) is 0 Å². The maximum absolute atomic E-state index is 12.3. The summed E-state index contributed by atoms with van der Waals surface area (Å²) in [5, 5.41) is 12.7. The molecule has 8 heteroatoms. The Labute approximate surface area is 185 Å². The van der Waals surface area contributed by atoms with Crippen LogP contribution in [-0.2, 0) is 11.3 Å². The van der Waals surface area contributed by atoms with Gasteiger partial charge in [-0.25, -0.2) is 0 Å². The van der Waals surface area contributed by atoms with Crippen LogP contribution >= 0.6 is 23.4 Å². The van der Waals surface area contributed by atoms with E-state index >= 15 is 0 Å². The van der Waals surface area contributed by atoms with Gasteiger partial charge in [-0.05, 0) is 49.7 Å². The highest BCUT2D eigenvalue weighted by Crippen LogP contribution is 2.28. The van der Waals surface area contributed by atoms with E-state index < -0.39 is 0 Å². The first-order valence-corrected chi connectivity index (χ1v) is 10.8. The first-order chi connectivity index (χ1) is 14.5. The second-order valence-corrected chi connectivity index (χ2v) is 7.99. The van der Waals surface area contributed by atoms with Crippen molar-refractivity contribution in [3.8, 4) is 5.75 Å². The predicted octanol–water partition coefficient (Wildman–Crippen LogP) is 5.30. The van der Waals surface area contributed by atoms with Crippen molar-refractivity contribution >= 4 is 35.0 Å². The quantitative estimate of drug-likeness (QED) is 0.360. The van der Waals surface area contributed by atoms with Crippen molar-refractivity contribution in [3.63, 3.8) is 0 Å². The van der Waals surface area contributed by atoms with E-state index in [0.717, 1.165) is 17.0 Å². The molecule has 0 aliphatic rings. The Morgan fingerprint density at radius 3 is 2.77 bits per heavy atom. The van der Waals surface area contributed by atoms with Crippen LogP contribution in [0.1, 0.15) is 24.4 Å². The second-order valence-electron chi connectivity index (χ2n) is 6.61. The number of amides is 1. The van der Waals surface area contributed by atoms with Crippen LogP contribution in [0.15, 0.2) is 66.3 Å². The molecule has 6 nitrogen and oxygen atoms in total. The summed E-state index contributed by atoms with van der Waals surface area (Å²) in [6.07, 6.45) is 1.42. The SMILES string of the molecule is C=CCn1c(SCC(=O)Nc2ccccc2)nnc1C(C)Oc1ccc(Cl)cc1C. The van der Waals surface area contributed by atoms with E-state index in [0.29, 0.717) is 22.5 Å². The lowest BCUT2D eigenvalue weighted by molar-refractivity contribution is -0.113. The number of hydrogen-bond acceptors (Lipinski definition) is 5. The number of para-hydroxylation sites is 1. The standard InChI is InChI=1S/C22H23ClN4O2S/c1-4-12-27-21(16(3)29-19-11-10-17(23)13-15(19)2)25-26-22(27)30-14-20(28)24-18-8-6-5-7-9-18/h4-11,13,16H,1,12,14H2,2-3H3,(H,24,28). The number of rotatable bonds is 9. The third-order valence-corrected chi connectivity index (χ3v) is 5.45. The highest BCUT2D eigenvalue weighted by Gasteiger charge is 2.20. The van der Waals surface area contributed by atoms with Gasteiger partial charge < -0.3 is 10.1 Å². The number of anilines is 1. The minimum absolute atomic E-state index is 0.109. The Bertz CT molecular complexity index is 1020. The van der Waals surface area contributed by atoms with Crippen molar-refractivity contribution in [2.45, 2.75) is 31.7 Å². The molecule has 3 aromatic rings. The van der Waals surface area contributed by atoms with E-state index in [1.807, 2.05) is 60.9 Å². The van der Waals surface area contributed by atoms with Crippen molar-refractivity contribution in [3.05, 3.63) is 77.6 Å². The third-order valence-electron chi connectivity index (χ3n) is 4.25. The number of thioether (sulfide) groups is 1. The number of nitrogens with one attached hydrogen (secondary N) is 1. The number of carbonyl (C=O) groups is 1. The van der Waals surface area contributed by atoms with Gasteiger partial charge in [0, 0.05) is 17.3 Å². The lowest BCUT2D eigenvalue weighted by Crippen LogP contribution is -2.15. The van der Waals surface area contributed by atoms with Gasteiger partial charge in [-0.1, -0.05) is 47.6 Å². The van der Waals surface area contributed by atoms with Gasteiger partial charge >= 0.3 is 0 Å². The van der Waals surface area contributed by atoms with Gasteiger partial charge in [0.25, 0.3) is 0 Å². The van der Waals surface area contributed by atoms with Gasteiger partial charge in [-0.2, -0.15) is 0 Å². The summed E-state index contributed by atoms with van der Waals surface area (Å²) in [4.78, 5) is 12.3. The second kappa shape index (κ2) is 10.3. The van der Waals surface area contributed by atoms with Crippen molar-refractivity contribution in [1.29, 1.82) is 0 Å². The Hall–Kier alpha value is -2.77. The molecule has 1 atom stereocenters. The molecule has 0 saturated heterocycles. The summed E-state index contributed by atoms with van der Waals surface area (Å²) in [6, 6.07) is 14.8. The molecule has 1 aromatic heterocycles. The molecule has 0 aliphatic carbocycles. The number of allylic oxidation sites excluding steroid dienone is 1. The average Bonchev–Trinajstić information content (AvgIpc) is 3.12. The number of aromatic nitrogens is 3. The van der Waals surface area contributed by atoms with Gasteiger partial charge in [0.05, 0.1) is 5.75 Å². The number of hydrogen-bond donors (Lipinski definition) is 1. The molecule has 0 radical (unpaired) electrons. The molecule has 0 aliphatic heterocycles. The van der Waals surface area contributed by atoms with Crippen molar-refractivity contribution in [2.24, 2.45) is 0 Å². The summed E-state index contributed by atoms with van der Waals surface area (Å²) >= 11 is 7.34. The van der Waals surface area contributed by atoms with Crippen molar-refractivity contribution < 1.29 is 9.53 Å². The zero-order chi connectivity index (χ0) is 21.5. The van der Waals surface area contributed by atoms with E-state index in [4.69, 9.17) is 16.3 Å². The molecule has 1 heterocycles. The molecule has 0 saturated carbocycles. The molecule has 156 valence electrons. The van der Waals surface area contributed by atoms with Crippen LogP contribution in [0.2, 0.25) is 5.02 Å². The van der Waals surface area contributed by atoms with Crippen LogP contribution in [0, 0.1) is 6.92 Å². The predicted molar refractivity (Wildman–Crippen MR) is 121 cm³/mol. The molecular formula is C22H23ClN4O2S. The molecule has 2 aromatic carbocycles. The molecule has 0 bridgehead atoms. The molecule has 0 fully saturated rings. The largest absolute Gasteiger partial charge is 0.482 e. The highest BCUT2D eigenvalue weighted by molar-refractivity contribution is 7.99. The molecule has 1 unspecified atom stereocenters. The normalized spacial score (nSPS) is 11.7. The summed E-state index contributed by atoms with van der Waals surface area (Å²) in [7, 11) is 0. The fourth-order valence-electron chi connectivity index (χ4n) is 2.85. The van der Waals surface area contributed by atoms with Crippen molar-refractivity contribution in [1.82, 2.24) is 14.8 Å². The van der Waals surface area contributed by atoms with E-state index in [-0.39, 0.29) is 17.8 Å². The van der Waals surface area contributed by atoms with Crippen LogP contribution in [-0.4, -0.2) is 26.4 Å². The maximum atomic E-state index is 12.3. The highest BCUT2D eigenvalue weighted by atomic mass is 35.5. The minimum Gasteiger partial charge on any atom is -0.482 e. The Morgan fingerprint density at radius 1 is 1.30 bits per heavy atom. The number of ether oxygens (including phenoxy) is 1. The van der Waals surface area contributed by atoms with E-state index in [1.165, 1.54) is 11.8 Å². The first kappa shape index (κ1) is 21.9. The molecule has 1 amide bonds. The topological polar surface area (TPSA) is 69.0 Å². The van der Waals surface area contributed by atoms with Gasteiger partial charge in [-0.3, -0.25) is 9.36 Å². The number of carbonyl (C=O) groups excluding carboxylic acids is 1. The molecule has 30 heavy (non-hydrogen) atoms. The van der Waals surface area contributed by atoms with Gasteiger partial charge in [0.2, 0.25) is 5.91 Å². The summed E-state index contributed by atoms with van der Waals surface area (Å²) < 4.78 is 7.99. The smallest absolute Gasteiger partial charge is 0.234 e. The number of nitrogens with zero attached hydrogens (tertiary/aromatic N) is 3. The minimum atomic E-state index is -0.343.